The molecule has 0 fully saturated rings. The molecule has 2 N–H and O–H groups in total. The Hall–Kier alpha value is -4.38. The van der Waals surface area contributed by atoms with Gasteiger partial charge in [-0.05, 0) is 55.0 Å². The second kappa shape index (κ2) is 14.2. The van der Waals surface area contributed by atoms with Crippen molar-refractivity contribution in [2.24, 2.45) is 0 Å². The van der Waals surface area contributed by atoms with Crippen LogP contribution in [0.4, 0.5) is 18.3 Å². The monoisotopic (exact) mass is 664 g/mol. The number of anilines is 1. The van der Waals surface area contributed by atoms with Crippen molar-refractivity contribution < 1.29 is 45.4 Å². The van der Waals surface area contributed by atoms with Gasteiger partial charge in [-0.25, -0.2) is 18.2 Å². The maximum absolute atomic E-state index is 13.6. The van der Waals surface area contributed by atoms with Crippen LogP contribution in [0.5, 0.6) is 17.2 Å². The number of carbonyl (C=O) groups is 2. The Kier molecular flexibility index (Phi) is 10.5. The molecule has 0 aliphatic rings. The molecule has 0 aliphatic carbocycles. The number of hydrogen-bond donors (Lipinski definition) is 2. The smallest absolute Gasteiger partial charge is 0.453 e. The number of rotatable bonds is 12. The number of nitrogens with one attached hydrogen (secondary N) is 2. The van der Waals surface area contributed by atoms with Gasteiger partial charge < -0.3 is 19.5 Å². The average Bonchev–Trinajstić information content (AvgIpc) is 3.42. The maximum atomic E-state index is 13.6. The fraction of sp³-hybridized carbons (Fsp3) is 0.241. The number of pyridine rings is 1. The fourth-order valence-corrected chi connectivity index (χ4v) is 5.25. The lowest BCUT2D eigenvalue weighted by Gasteiger charge is -2.18. The molecule has 238 valence electrons. The van der Waals surface area contributed by atoms with E-state index < -0.39 is 45.0 Å². The van der Waals surface area contributed by atoms with Crippen LogP contribution in [0, 0.1) is 6.92 Å². The van der Waals surface area contributed by atoms with E-state index in [1.54, 1.807) is 31.5 Å². The summed E-state index contributed by atoms with van der Waals surface area (Å²) in [6.07, 6.45) is -2.91. The number of benzene rings is 2. The quantitative estimate of drug-likeness (QED) is 0.118. The molecule has 2 aromatic carbocycles. The number of sulfone groups is 1. The predicted octanol–water partition coefficient (Wildman–Crippen LogP) is 5.17. The summed E-state index contributed by atoms with van der Waals surface area (Å²) in [5.41, 5.74) is 1.41. The van der Waals surface area contributed by atoms with Crippen LogP contribution < -0.4 is 20.1 Å². The van der Waals surface area contributed by atoms with E-state index in [2.05, 4.69) is 20.6 Å². The molecule has 0 bridgehead atoms. The van der Waals surface area contributed by atoms with Gasteiger partial charge in [-0.2, -0.15) is 13.2 Å². The molecule has 0 saturated heterocycles. The lowest BCUT2D eigenvalue weighted by molar-refractivity contribution is -0.189. The molecule has 11 nitrogen and oxygen atoms in total. The fourth-order valence-electron chi connectivity index (χ4n) is 3.91. The van der Waals surface area contributed by atoms with E-state index in [-0.39, 0.29) is 21.3 Å². The Bertz CT molecular complexity index is 1790. The van der Waals surface area contributed by atoms with E-state index in [1.807, 2.05) is 0 Å². The van der Waals surface area contributed by atoms with Gasteiger partial charge in [0.2, 0.25) is 0 Å². The first-order valence-corrected chi connectivity index (χ1v) is 15.9. The third-order valence-corrected chi connectivity index (χ3v) is 7.98. The molecular weight excluding hydrogens is 637 g/mol. The predicted molar refractivity (Wildman–Crippen MR) is 159 cm³/mol. The first kappa shape index (κ1) is 33.5. The minimum absolute atomic E-state index is 0.0153. The van der Waals surface area contributed by atoms with Gasteiger partial charge in [-0.15, -0.1) is 11.3 Å². The number of amides is 1. The van der Waals surface area contributed by atoms with Crippen molar-refractivity contribution in [1.29, 1.82) is 0 Å². The number of hydrogen-bond acceptors (Lipinski definition) is 11. The third kappa shape index (κ3) is 8.85. The number of methoxy groups -OCH3 is 1. The zero-order valence-corrected chi connectivity index (χ0v) is 25.7. The molecule has 4 aromatic rings. The van der Waals surface area contributed by atoms with Crippen LogP contribution in [0.15, 0.2) is 65.0 Å². The average molecular weight is 665 g/mol. The minimum atomic E-state index is -5.40. The Morgan fingerprint density at radius 1 is 1.09 bits per heavy atom. The van der Waals surface area contributed by atoms with Crippen LogP contribution in [-0.4, -0.2) is 63.0 Å². The third-order valence-electron chi connectivity index (χ3n) is 6.05. The molecule has 0 unspecified atom stereocenters. The summed E-state index contributed by atoms with van der Waals surface area (Å²) >= 11 is 1.08. The summed E-state index contributed by atoms with van der Waals surface area (Å²) in [4.78, 5) is 34.3. The molecule has 0 atom stereocenters. The Labute approximate surface area is 260 Å². The van der Waals surface area contributed by atoms with Gasteiger partial charge >= 0.3 is 12.1 Å². The normalized spacial score (nSPS) is 11.7. The highest BCUT2D eigenvalue weighted by molar-refractivity contribution is 7.90. The topological polar surface area (TPSA) is 146 Å². The highest BCUT2D eigenvalue weighted by atomic mass is 32.2. The maximum Gasteiger partial charge on any atom is 0.491 e. The van der Waals surface area contributed by atoms with Crippen LogP contribution in [-0.2, 0) is 25.9 Å². The summed E-state index contributed by atoms with van der Waals surface area (Å²) in [6.45, 7) is 3.14. The van der Waals surface area contributed by atoms with Crippen LogP contribution in [0.1, 0.15) is 21.6 Å². The van der Waals surface area contributed by atoms with Crippen molar-refractivity contribution in [3.8, 4) is 28.5 Å². The second-order valence-electron chi connectivity index (χ2n) is 9.52. The first-order chi connectivity index (χ1) is 21.3. The number of esters is 1. The van der Waals surface area contributed by atoms with Crippen molar-refractivity contribution in [2.45, 2.75) is 24.5 Å². The van der Waals surface area contributed by atoms with Gasteiger partial charge in [0.05, 0.1) is 28.5 Å². The number of thiazole rings is 1. The van der Waals surface area contributed by atoms with Crippen LogP contribution >= 0.6 is 11.3 Å². The van der Waals surface area contributed by atoms with Gasteiger partial charge in [0.25, 0.3) is 5.91 Å². The van der Waals surface area contributed by atoms with E-state index in [4.69, 9.17) is 14.2 Å². The molecule has 16 heteroatoms. The summed E-state index contributed by atoms with van der Waals surface area (Å²) in [5.74, 6) is -4.80. The standard InChI is InChI=1S/C29H27F3N4O7S2/c1-17-5-4-10-34-24(17)18-13-22(26(37)36-28-35-19(16-44-28)15-33-11-12-41-2)25(43-27(38)29(30,31)32)23(14-18)42-20-6-8-21(9-7-20)45(3,39)40/h4-10,13-14,16,33H,11-12,15H2,1-3H3,(H,35,36,37). The number of halogens is 3. The molecule has 1 amide bonds. The SMILES string of the molecule is COCCNCc1csc(NC(=O)c2cc(-c3ncccc3C)cc(Oc3ccc(S(C)(=O)=O)cc3)c2OC(=O)C(F)(F)F)n1. The van der Waals surface area contributed by atoms with Crippen LogP contribution in [0.25, 0.3) is 11.3 Å². The summed E-state index contributed by atoms with van der Waals surface area (Å²) in [5, 5.41) is 7.46. The molecule has 45 heavy (non-hydrogen) atoms. The molecule has 0 saturated carbocycles. The van der Waals surface area contributed by atoms with Crippen LogP contribution in [0.3, 0.4) is 0 Å². The Balaban J connectivity index is 1.80. The summed E-state index contributed by atoms with van der Waals surface area (Å²) < 4.78 is 79.4. The molecule has 0 spiro atoms. The Morgan fingerprint density at radius 3 is 2.47 bits per heavy atom. The number of ether oxygens (including phenoxy) is 3. The van der Waals surface area contributed by atoms with Crippen LogP contribution in [0.2, 0.25) is 0 Å². The van der Waals surface area contributed by atoms with Gasteiger partial charge in [-0.3, -0.25) is 15.1 Å². The van der Waals surface area contributed by atoms with Crippen molar-refractivity contribution in [2.75, 3.05) is 31.8 Å². The zero-order chi connectivity index (χ0) is 32.8. The number of aromatic nitrogens is 2. The molecule has 2 heterocycles. The van der Waals surface area contributed by atoms with Crippen molar-refractivity contribution >= 4 is 38.2 Å². The second-order valence-corrected chi connectivity index (χ2v) is 12.4. The van der Waals surface area contributed by atoms with Gasteiger partial charge in [0, 0.05) is 43.6 Å². The van der Waals surface area contributed by atoms with E-state index in [0.29, 0.717) is 36.6 Å². The number of carbonyl (C=O) groups excluding carboxylic acids is 2. The van der Waals surface area contributed by atoms with E-state index in [1.165, 1.54) is 42.6 Å². The van der Waals surface area contributed by atoms with E-state index >= 15 is 0 Å². The highest BCUT2D eigenvalue weighted by Crippen LogP contribution is 2.41. The first-order valence-electron chi connectivity index (χ1n) is 13.1. The molecular formula is C29H27F3N4O7S2. The van der Waals surface area contributed by atoms with Crippen molar-refractivity contribution in [3.05, 3.63) is 76.9 Å². The van der Waals surface area contributed by atoms with Crippen molar-refractivity contribution in [3.63, 3.8) is 0 Å². The number of aryl methyl sites for hydroxylation is 1. The van der Waals surface area contributed by atoms with Gasteiger partial charge in [0.15, 0.2) is 26.5 Å². The zero-order valence-electron chi connectivity index (χ0n) is 24.1. The molecule has 0 radical (unpaired) electrons. The summed E-state index contributed by atoms with van der Waals surface area (Å²) in [6, 6.07) is 10.9. The highest BCUT2D eigenvalue weighted by Gasteiger charge is 2.42. The van der Waals surface area contributed by atoms with Gasteiger partial charge in [0.1, 0.15) is 5.75 Å². The van der Waals surface area contributed by atoms with Gasteiger partial charge in [-0.1, -0.05) is 6.07 Å². The molecule has 4 rings (SSSR count). The van der Waals surface area contributed by atoms with Crippen molar-refractivity contribution in [1.82, 2.24) is 15.3 Å². The number of alkyl halides is 3. The van der Waals surface area contributed by atoms with E-state index in [9.17, 15) is 31.2 Å². The Morgan fingerprint density at radius 2 is 1.82 bits per heavy atom. The molecule has 2 aromatic heterocycles. The lowest BCUT2D eigenvalue weighted by atomic mass is 10.0. The molecule has 0 aliphatic heterocycles. The number of nitrogens with zero attached hydrogens (tertiary/aromatic N) is 2. The largest absolute Gasteiger partial charge is 0.491 e. The lowest BCUT2D eigenvalue weighted by Crippen LogP contribution is -2.29. The summed E-state index contributed by atoms with van der Waals surface area (Å²) in [7, 11) is -2.00. The van der Waals surface area contributed by atoms with E-state index in [0.717, 1.165) is 17.6 Å². The minimum Gasteiger partial charge on any atom is -0.453 e.